The number of aromatic amines is 1. The fraction of sp³-hybridized carbons (Fsp3) is 0.195. The van der Waals surface area contributed by atoms with Crippen LogP contribution < -0.4 is 15.4 Å². The summed E-state index contributed by atoms with van der Waals surface area (Å²) >= 11 is 0. The summed E-state index contributed by atoms with van der Waals surface area (Å²) in [7, 11) is 1.64. The molecule has 10 nitrogen and oxygen atoms in total. The van der Waals surface area contributed by atoms with Crippen LogP contribution in [0.2, 0.25) is 0 Å². The summed E-state index contributed by atoms with van der Waals surface area (Å²) in [6.07, 6.45) is 5.28. The summed E-state index contributed by atoms with van der Waals surface area (Å²) in [6.45, 7) is 2.11. The smallest absolute Gasteiger partial charge is 0.262 e. The fourth-order valence-electron chi connectivity index (χ4n) is 5.98. The zero-order valence-electron chi connectivity index (χ0n) is 28.6. The second-order valence-electron chi connectivity index (χ2n) is 12.3. The minimum Gasteiger partial charge on any atom is -0.497 e. The number of carbonyl (C=O) groups excluding carboxylic acids is 2. The van der Waals surface area contributed by atoms with Crippen molar-refractivity contribution in [2.45, 2.75) is 38.8 Å². The summed E-state index contributed by atoms with van der Waals surface area (Å²) in [6, 6.07) is 34.9. The van der Waals surface area contributed by atoms with Gasteiger partial charge in [0, 0.05) is 29.9 Å². The van der Waals surface area contributed by atoms with Gasteiger partial charge in [-0.25, -0.2) is 0 Å². The van der Waals surface area contributed by atoms with Crippen molar-refractivity contribution in [3.63, 3.8) is 0 Å². The van der Waals surface area contributed by atoms with E-state index < -0.39 is 17.9 Å². The Morgan fingerprint density at radius 1 is 0.922 bits per heavy atom. The molecule has 10 heteroatoms. The van der Waals surface area contributed by atoms with E-state index in [1.807, 2.05) is 110 Å². The van der Waals surface area contributed by atoms with Crippen LogP contribution >= 0.6 is 0 Å². The normalized spacial score (nSPS) is 11.9. The molecule has 6 rings (SSSR count). The van der Waals surface area contributed by atoms with Gasteiger partial charge in [0.2, 0.25) is 5.91 Å². The maximum absolute atomic E-state index is 13.6. The summed E-state index contributed by atoms with van der Waals surface area (Å²) in [4.78, 5) is 29.9. The molecule has 3 N–H and O–H groups in total. The van der Waals surface area contributed by atoms with Gasteiger partial charge in [0.05, 0.1) is 26.2 Å². The van der Waals surface area contributed by atoms with Gasteiger partial charge in [0.15, 0.2) is 5.82 Å². The molecule has 4 aromatic carbocycles. The number of aryl methyl sites for hydroxylation is 3. The van der Waals surface area contributed by atoms with Gasteiger partial charge in [-0.05, 0) is 59.9 Å². The molecular formula is C41H39N7O3. The molecule has 0 aliphatic rings. The van der Waals surface area contributed by atoms with E-state index in [1.54, 1.807) is 7.11 Å². The molecule has 2 aromatic heterocycles. The average Bonchev–Trinajstić information content (AvgIpc) is 3.76. The van der Waals surface area contributed by atoms with E-state index in [1.165, 1.54) is 11.6 Å². The number of hydrogen-bond donors (Lipinski definition) is 3. The third-order valence-electron chi connectivity index (χ3n) is 8.74. The van der Waals surface area contributed by atoms with Crippen molar-refractivity contribution in [3.05, 3.63) is 154 Å². The first-order chi connectivity index (χ1) is 24.9. The van der Waals surface area contributed by atoms with Gasteiger partial charge in [-0.15, -0.1) is 10.2 Å². The molecule has 0 fully saturated rings. The topological polar surface area (TPSA) is 138 Å². The molecule has 0 bridgehead atoms. The van der Waals surface area contributed by atoms with Gasteiger partial charge in [-0.3, -0.25) is 9.59 Å². The molecular weight excluding hydrogens is 638 g/mol. The molecule has 6 aromatic rings. The van der Waals surface area contributed by atoms with E-state index in [0.29, 0.717) is 25.2 Å². The maximum Gasteiger partial charge on any atom is 0.262 e. The molecule has 2 heterocycles. The lowest BCUT2D eigenvalue weighted by Crippen LogP contribution is -2.40. The third kappa shape index (κ3) is 8.77. The number of H-pyrrole nitrogens is 1. The molecule has 0 saturated heterocycles. The van der Waals surface area contributed by atoms with Gasteiger partial charge >= 0.3 is 0 Å². The number of benzene rings is 4. The van der Waals surface area contributed by atoms with Gasteiger partial charge in [0.25, 0.3) is 5.91 Å². The zero-order chi connectivity index (χ0) is 35.6. The third-order valence-corrected chi connectivity index (χ3v) is 8.74. The lowest BCUT2D eigenvalue weighted by atomic mass is 10.0. The van der Waals surface area contributed by atoms with Crippen LogP contribution in [-0.4, -0.2) is 45.2 Å². The standard InChI is InChI=1S/C41H39N7O3/c1-28-12-14-30(15-13-28)22-32(24-42)41(50)44-26-39(49)45-37(23-33-25-43-36-11-7-6-10-35(33)36)40-47-46-38(21-18-29-8-4-3-5-9-29)48(40)27-31-16-19-34(51-2)20-17-31/h3-17,19-20,22,25,37,43H,18,21,23,26-27H2,1-2H3,(H,44,50)(H,45,49)/b32-22+/t37-/m1/s1. The molecule has 1 atom stereocenters. The Morgan fingerprint density at radius 3 is 2.41 bits per heavy atom. The number of amides is 2. The van der Waals surface area contributed by atoms with Crippen LogP contribution in [0.4, 0.5) is 0 Å². The molecule has 0 spiro atoms. The second-order valence-corrected chi connectivity index (χ2v) is 12.3. The average molecular weight is 678 g/mol. The first-order valence-electron chi connectivity index (χ1n) is 16.8. The van der Waals surface area contributed by atoms with Crippen LogP contribution in [0.15, 0.2) is 115 Å². The number of rotatable bonds is 14. The van der Waals surface area contributed by atoms with Gasteiger partial charge < -0.3 is 24.9 Å². The van der Waals surface area contributed by atoms with E-state index in [0.717, 1.165) is 51.2 Å². The van der Waals surface area contributed by atoms with Crippen LogP contribution in [-0.2, 0) is 35.4 Å². The molecule has 51 heavy (non-hydrogen) atoms. The Kier molecular flexibility index (Phi) is 11.0. The van der Waals surface area contributed by atoms with Crippen LogP contribution in [0.3, 0.4) is 0 Å². The number of nitrogens with zero attached hydrogens (tertiary/aromatic N) is 4. The molecule has 0 saturated carbocycles. The molecule has 0 aliphatic carbocycles. The Balaban J connectivity index is 1.28. The van der Waals surface area contributed by atoms with E-state index in [4.69, 9.17) is 4.74 Å². The highest BCUT2D eigenvalue weighted by Gasteiger charge is 2.25. The second kappa shape index (κ2) is 16.3. The van der Waals surface area contributed by atoms with Crippen LogP contribution in [0.25, 0.3) is 17.0 Å². The van der Waals surface area contributed by atoms with Crippen molar-refractivity contribution in [1.29, 1.82) is 5.26 Å². The van der Waals surface area contributed by atoms with Crippen LogP contribution in [0.5, 0.6) is 5.75 Å². The van der Waals surface area contributed by atoms with Crippen molar-refractivity contribution in [2.75, 3.05) is 13.7 Å². The SMILES string of the molecule is COc1ccc(Cn2c(CCc3ccccc3)nnc2[C@@H](Cc2c[nH]c3ccccc23)NC(=O)CNC(=O)/C(C#N)=C/c2ccc(C)cc2)cc1. The molecule has 0 unspecified atom stereocenters. The monoisotopic (exact) mass is 677 g/mol. The summed E-state index contributed by atoms with van der Waals surface area (Å²) in [5.41, 5.74) is 5.88. The number of aromatic nitrogens is 4. The number of fused-ring (bicyclic) bond motifs is 1. The number of hydrogen-bond acceptors (Lipinski definition) is 6. The largest absolute Gasteiger partial charge is 0.497 e. The molecule has 0 radical (unpaired) electrons. The molecule has 0 aliphatic heterocycles. The quantitative estimate of drug-likeness (QED) is 0.0951. The highest BCUT2D eigenvalue weighted by atomic mass is 16.5. The summed E-state index contributed by atoms with van der Waals surface area (Å²) < 4.78 is 7.45. The number of methoxy groups -OCH3 is 1. The van der Waals surface area contributed by atoms with E-state index >= 15 is 0 Å². The van der Waals surface area contributed by atoms with E-state index in [2.05, 4.69) is 42.5 Å². The van der Waals surface area contributed by atoms with Crippen molar-refractivity contribution in [3.8, 4) is 11.8 Å². The molecule has 256 valence electrons. The fourth-order valence-corrected chi connectivity index (χ4v) is 5.98. The maximum atomic E-state index is 13.6. The number of ether oxygens (including phenoxy) is 1. The highest BCUT2D eigenvalue weighted by molar-refractivity contribution is 6.03. The van der Waals surface area contributed by atoms with Crippen molar-refractivity contribution in [2.24, 2.45) is 0 Å². The predicted molar refractivity (Wildman–Crippen MR) is 197 cm³/mol. The Bertz CT molecular complexity index is 2180. The minimum atomic E-state index is -0.632. The number of nitriles is 1. The Hall–Kier alpha value is -6.47. The predicted octanol–water partition coefficient (Wildman–Crippen LogP) is 6.03. The van der Waals surface area contributed by atoms with Crippen LogP contribution in [0, 0.1) is 18.3 Å². The summed E-state index contributed by atoms with van der Waals surface area (Å²) in [5.74, 6) is 1.08. The lowest BCUT2D eigenvalue weighted by Gasteiger charge is -2.20. The number of carbonyl (C=O) groups is 2. The summed E-state index contributed by atoms with van der Waals surface area (Å²) in [5, 5.41) is 25.8. The minimum absolute atomic E-state index is 0.0933. The first kappa shape index (κ1) is 34.4. The van der Waals surface area contributed by atoms with Crippen molar-refractivity contribution in [1.82, 2.24) is 30.4 Å². The van der Waals surface area contributed by atoms with E-state index in [-0.39, 0.29) is 12.1 Å². The van der Waals surface area contributed by atoms with Gasteiger partial charge in [-0.1, -0.05) is 90.5 Å². The van der Waals surface area contributed by atoms with Crippen LogP contribution in [0.1, 0.15) is 45.5 Å². The highest BCUT2D eigenvalue weighted by Crippen LogP contribution is 2.26. The number of nitrogens with one attached hydrogen (secondary N) is 3. The van der Waals surface area contributed by atoms with Gasteiger partial charge in [-0.2, -0.15) is 5.26 Å². The lowest BCUT2D eigenvalue weighted by molar-refractivity contribution is -0.124. The first-order valence-corrected chi connectivity index (χ1v) is 16.8. The van der Waals surface area contributed by atoms with Crippen molar-refractivity contribution < 1.29 is 14.3 Å². The Labute approximate surface area is 296 Å². The molecule has 2 amide bonds. The zero-order valence-corrected chi connectivity index (χ0v) is 28.6. The van der Waals surface area contributed by atoms with Crippen molar-refractivity contribution >= 4 is 28.8 Å². The Morgan fingerprint density at radius 2 is 1.67 bits per heavy atom. The van der Waals surface area contributed by atoms with E-state index in [9.17, 15) is 14.9 Å². The van der Waals surface area contributed by atoms with Gasteiger partial charge in [0.1, 0.15) is 23.2 Å². The number of para-hydroxylation sites is 1.